The summed E-state index contributed by atoms with van der Waals surface area (Å²) in [7, 11) is 1.64. The molecule has 0 aliphatic carbocycles. The molecule has 2 aromatic heterocycles. The smallest absolute Gasteiger partial charge is 0.269 e. The van der Waals surface area contributed by atoms with Crippen LogP contribution in [0, 0.1) is 6.92 Å². The van der Waals surface area contributed by atoms with Crippen molar-refractivity contribution in [1.29, 1.82) is 0 Å². The Balaban J connectivity index is 1.70. The molecule has 0 saturated carbocycles. The van der Waals surface area contributed by atoms with Gasteiger partial charge in [0, 0.05) is 12.8 Å². The van der Waals surface area contributed by atoms with Gasteiger partial charge in [0.2, 0.25) is 5.91 Å². The quantitative estimate of drug-likeness (QED) is 0.726. The Morgan fingerprint density at radius 3 is 2.80 bits per heavy atom. The van der Waals surface area contributed by atoms with Gasteiger partial charge in [-0.1, -0.05) is 23.4 Å². The van der Waals surface area contributed by atoms with Gasteiger partial charge in [-0.3, -0.25) is 4.79 Å². The summed E-state index contributed by atoms with van der Waals surface area (Å²) in [5.74, 6) is 0.498. The second-order valence-corrected chi connectivity index (χ2v) is 6.48. The highest BCUT2D eigenvalue weighted by Crippen LogP contribution is 2.32. The van der Waals surface area contributed by atoms with Crippen LogP contribution in [0.15, 0.2) is 34.9 Å². The van der Waals surface area contributed by atoms with Gasteiger partial charge in [-0.25, -0.2) is 4.98 Å². The van der Waals surface area contributed by atoms with Gasteiger partial charge in [0.1, 0.15) is 16.0 Å². The molecule has 0 spiro atoms. The zero-order valence-corrected chi connectivity index (χ0v) is 15.0. The number of thiazole rings is 1. The number of nitrogens with one attached hydrogen (secondary N) is 1. The molecule has 2 heterocycles. The maximum absolute atomic E-state index is 12.1. The molecule has 0 radical (unpaired) electrons. The number of nitrogens with zero attached hydrogens (tertiary/aromatic N) is 3. The summed E-state index contributed by atoms with van der Waals surface area (Å²) < 4.78 is 10.6. The van der Waals surface area contributed by atoms with Crippen LogP contribution in [0.3, 0.4) is 0 Å². The highest BCUT2D eigenvalue weighted by Gasteiger charge is 2.20. The monoisotopic (exact) mass is 358 g/mol. The summed E-state index contributed by atoms with van der Waals surface area (Å²) >= 11 is 1.45. The minimum atomic E-state index is -0.201. The number of methoxy groups -OCH3 is 1. The lowest BCUT2D eigenvalue weighted by molar-refractivity contribution is -0.115. The van der Waals surface area contributed by atoms with Crippen molar-refractivity contribution in [2.75, 3.05) is 12.4 Å². The van der Waals surface area contributed by atoms with E-state index < -0.39 is 0 Å². The van der Waals surface area contributed by atoms with E-state index in [4.69, 9.17) is 9.26 Å². The lowest BCUT2D eigenvalue weighted by Crippen LogP contribution is -2.15. The first-order chi connectivity index (χ1) is 12.1. The van der Waals surface area contributed by atoms with E-state index in [0.717, 1.165) is 21.3 Å². The molecule has 0 bridgehead atoms. The van der Waals surface area contributed by atoms with E-state index in [9.17, 15) is 4.79 Å². The molecule has 1 aromatic carbocycles. The number of anilines is 1. The Kier molecular flexibility index (Phi) is 5.20. The number of ether oxygens (including phenoxy) is 1. The Morgan fingerprint density at radius 2 is 2.08 bits per heavy atom. The van der Waals surface area contributed by atoms with Crippen LogP contribution in [0.25, 0.3) is 10.8 Å². The van der Waals surface area contributed by atoms with E-state index >= 15 is 0 Å². The van der Waals surface area contributed by atoms with Crippen molar-refractivity contribution in [3.63, 3.8) is 0 Å². The number of aryl methyl sites for hydroxylation is 1. The summed E-state index contributed by atoms with van der Waals surface area (Å²) in [6, 6.07) is 9.23. The molecule has 1 N–H and O–H groups in total. The maximum Gasteiger partial charge on any atom is 0.269 e. The molecular formula is C17H18N4O3S. The number of rotatable bonds is 6. The van der Waals surface area contributed by atoms with Crippen LogP contribution in [0.2, 0.25) is 0 Å². The van der Waals surface area contributed by atoms with Crippen molar-refractivity contribution in [2.45, 2.75) is 26.4 Å². The van der Waals surface area contributed by atoms with Gasteiger partial charge >= 0.3 is 0 Å². The number of para-hydroxylation sites is 1. The molecule has 0 aliphatic rings. The molecular weight excluding hydrogens is 340 g/mol. The van der Waals surface area contributed by atoms with Gasteiger partial charge in [-0.2, -0.15) is 4.98 Å². The third kappa shape index (κ3) is 4.09. The summed E-state index contributed by atoms with van der Waals surface area (Å²) in [6.45, 7) is 3.80. The molecule has 8 heteroatoms. The molecule has 1 unspecified atom stereocenters. The minimum Gasteiger partial charge on any atom is -0.375 e. The average molecular weight is 358 g/mol. The number of hydrogen-bond donors (Lipinski definition) is 1. The normalized spacial score (nSPS) is 12.1. The third-order valence-corrected chi connectivity index (χ3v) is 4.86. The molecule has 0 aliphatic heterocycles. The van der Waals surface area contributed by atoms with Crippen molar-refractivity contribution in [1.82, 2.24) is 15.1 Å². The molecule has 0 fully saturated rings. The fourth-order valence-electron chi connectivity index (χ4n) is 2.18. The van der Waals surface area contributed by atoms with Crippen LogP contribution in [0.4, 0.5) is 5.69 Å². The van der Waals surface area contributed by atoms with Crippen LogP contribution < -0.4 is 5.32 Å². The largest absolute Gasteiger partial charge is 0.375 e. The zero-order chi connectivity index (χ0) is 17.8. The van der Waals surface area contributed by atoms with Gasteiger partial charge in [-0.05, 0) is 26.0 Å². The number of benzene rings is 1. The first kappa shape index (κ1) is 17.2. The van der Waals surface area contributed by atoms with Gasteiger partial charge in [0.25, 0.3) is 5.89 Å². The fourth-order valence-corrected chi connectivity index (χ4v) is 3.20. The molecule has 0 saturated heterocycles. The SMILES string of the molecule is COC(C)c1nc(C)c(-c2nc(CC(=O)Nc3ccccc3)no2)s1. The van der Waals surface area contributed by atoms with Crippen LogP contribution >= 0.6 is 11.3 Å². The molecule has 7 nitrogen and oxygen atoms in total. The van der Waals surface area contributed by atoms with E-state index in [1.54, 1.807) is 7.11 Å². The van der Waals surface area contributed by atoms with Crippen LogP contribution in [-0.2, 0) is 16.0 Å². The maximum atomic E-state index is 12.1. The second kappa shape index (κ2) is 7.54. The van der Waals surface area contributed by atoms with Gasteiger partial charge in [-0.15, -0.1) is 11.3 Å². The summed E-state index contributed by atoms with van der Waals surface area (Å²) in [4.78, 5) is 21.6. The van der Waals surface area contributed by atoms with Crippen LogP contribution in [0.1, 0.15) is 29.6 Å². The van der Waals surface area contributed by atoms with Gasteiger partial charge in [0.05, 0.1) is 12.1 Å². The fraction of sp³-hybridized carbons (Fsp3) is 0.294. The number of amides is 1. The number of carbonyl (C=O) groups is 1. The van der Waals surface area contributed by atoms with E-state index in [-0.39, 0.29) is 18.4 Å². The average Bonchev–Trinajstić information content (AvgIpc) is 3.21. The molecule has 3 rings (SSSR count). The lowest BCUT2D eigenvalue weighted by atomic mass is 10.3. The van der Waals surface area contributed by atoms with Crippen molar-refractivity contribution in [3.05, 3.63) is 46.9 Å². The van der Waals surface area contributed by atoms with Crippen molar-refractivity contribution >= 4 is 22.9 Å². The van der Waals surface area contributed by atoms with E-state index in [2.05, 4.69) is 20.4 Å². The molecule has 1 amide bonds. The van der Waals surface area contributed by atoms with Crippen molar-refractivity contribution in [2.24, 2.45) is 0 Å². The number of hydrogen-bond acceptors (Lipinski definition) is 7. The lowest BCUT2D eigenvalue weighted by Gasteiger charge is -2.03. The van der Waals surface area contributed by atoms with E-state index in [0.29, 0.717) is 11.7 Å². The van der Waals surface area contributed by atoms with E-state index in [1.165, 1.54) is 11.3 Å². The number of aromatic nitrogens is 3. The standard InChI is InChI=1S/C17H18N4O3S/c1-10-15(25-17(18-10)11(2)23-3)16-20-13(21-24-16)9-14(22)19-12-7-5-4-6-8-12/h4-8,11H,9H2,1-3H3,(H,19,22). The minimum absolute atomic E-state index is 0.0393. The van der Waals surface area contributed by atoms with Crippen LogP contribution in [-0.4, -0.2) is 28.1 Å². The molecule has 3 aromatic rings. The Bertz CT molecular complexity index is 860. The van der Waals surface area contributed by atoms with Crippen LogP contribution in [0.5, 0.6) is 0 Å². The predicted octanol–water partition coefficient (Wildman–Crippen LogP) is 3.39. The third-order valence-electron chi connectivity index (χ3n) is 3.55. The molecule has 130 valence electrons. The zero-order valence-electron chi connectivity index (χ0n) is 14.1. The van der Waals surface area contributed by atoms with E-state index in [1.807, 2.05) is 44.2 Å². The molecule has 1 atom stereocenters. The van der Waals surface area contributed by atoms with Gasteiger partial charge < -0.3 is 14.6 Å². The summed E-state index contributed by atoms with van der Waals surface area (Å²) in [5.41, 5.74) is 1.53. The summed E-state index contributed by atoms with van der Waals surface area (Å²) in [5, 5.41) is 7.52. The van der Waals surface area contributed by atoms with Crippen molar-refractivity contribution in [3.8, 4) is 10.8 Å². The van der Waals surface area contributed by atoms with Crippen molar-refractivity contribution < 1.29 is 14.1 Å². The Morgan fingerprint density at radius 1 is 1.32 bits per heavy atom. The second-order valence-electron chi connectivity index (χ2n) is 5.45. The molecule has 25 heavy (non-hydrogen) atoms. The Hall–Kier alpha value is -2.58. The topological polar surface area (TPSA) is 90.1 Å². The van der Waals surface area contributed by atoms with Gasteiger partial charge in [0.15, 0.2) is 5.82 Å². The highest BCUT2D eigenvalue weighted by molar-refractivity contribution is 7.15. The first-order valence-electron chi connectivity index (χ1n) is 7.74. The Labute approximate surface area is 149 Å². The predicted molar refractivity (Wildman–Crippen MR) is 94.3 cm³/mol. The number of carbonyl (C=O) groups excluding carboxylic acids is 1. The first-order valence-corrected chi connectivity index (χ1v) is 8.56. The summed E-state index contributed by atoms with van der Waals surface area (Å²) in [6.07, 6.45) is -0.0612. The highest BCUT2D eigenvalue weighted by atomic mass is 32.1.